The van der Waals surface area contributed by atoms with Crippen molar-refractivity contribution in [1.29, 1.82) is 0 Å². The first-order valence-corrected chi connectivity index (χ1v) is 5.39. The molecule has 0 aliphatic rings. The van der Waals surface area contributed by atoms with Crippen LogP contribution in [0, 0.1) is 11.9 Å². The Morgan fingerprint density at radius 1 is 1.18 bits per heavy atom. The fraction of sp³-hybridized carbons (Fsp3) is 0.0714. The molecule has 0 saturated heterocycles. The van der Waals surface area contributed by atoms with Crippen molar-refractivity contribution in [3.63, 3.8) is 0 Å². The first-order chi connectivity index (χ1) is 8.33. The predicted octanol–water partition coefficient (Wildman–Crippen LogP) is 3.02. The zero-order chi connectivity index (χ0) is 11.7. The standard InChI is InChI=1S/C14H10FN2/c15-13-7-5-11(6-8-13)10-17-14-4-2-1-3-12(14)9-16-17/h1,3-9H,10H2. The molecule has 0 amide bonds. The fourth-order valence-corrected chi connectivity index (χ4v) is 1.85. The lowest BCUT2D eigenvalue weighted by atomic mass is 10.2. The van der Waals surface area contributed by atoms with Crippen LogP contribution in [0.3, 0.4) is 0 Å². The van der Waals surface area contributed by atoms with E-state index in [1.54, 1.807) is 12.1 Å². The van der Waals surface area contributed by atoms with Gasteiger partial charge in [-0.2, -0.15) is 5.10 Å². The van der Waals surface area contributed by atoms with E-state index in [-0.39, 0.29) is 5.82 Å². The minimum atomic E-state index is -0.215. The number of hydrogen-bond donors (Lipinski definition) is 0. The van der Waals surface area contributed by atoms with Gasteiger partial charge in [-0.25, -0.2) is 4.39 Å². The lowest BCUT2D eigenvalue weighted by Gasteiger charge is -2.03. The maximum atomic E-state index is 12.8. The van der Waals surface area contributed by atoms with Crippen molar-refractivity contribution >= 4 is 10.9 Å². The van der Waals surface area contributed by atoms with Gasteiger partial charge in [0.2, 0.25) is 0 Å². The second kappa shape index (κ2) is 4.01. The molecule has 2 aromatic carbocycles. The molecular weight excluding hydrogens is 215 g/mol. The van der Waals surface area contributed by atoms with E-state index in [2.05, 4.69) is 11.2 Å². The van der Waals surface area contributed by atoms with Crippen molar-refractivity contribution < 1.29 is 4.39 Å². The smallest absolute Gasteiger partial charge is 0.123 e. The van der Waals surface area contributed by atoms with E-state index in [4.69, 9.17) is 0 Å². The first-order valence-electron chi connectivity index (χ1n) is 5.39. The average Bonchev–Trinajstić information content (AvgIpc) is 2.76. The first kappa shape index (κ1) is 10.0. The van der Waals surface area contributed by atoms with Gasteiger partial charge in [0.1, 0.15) is 5.82 Å². The van der Waals surface area contributed by atoms with Gasteiger partial charge in [0.15, 0.2) is 0 Å². The van der Waals surface area contributed by atoms with Crippen molar-refractivity contribution in [3.05, 3.63) is 66.1 Å². The minimum Gasteiger partial charge on any atom is -0.260 e. The number of rotatable bonds is 2. The Hall–Kier alpha value is -2.16. The molecule has 1 radical (unpaired) electrons. The molecule has 3 rings (SSSR count). The Balaban J connectivity index is 1.97. The molecule has 1 aromatic heterocycles. The highest BCUT2D eigenvalue weighted by Crippen LogP contribution is 2.14. The summed E-state index contributed by atoms with van der Waals surface area (Å²) in [5.41, 5.74) is 2.07. The molecule has 0 unspecified atom stereocenters. The van der Waals surface area contributed by atoms with E-state index < -0.39 is 0 Å². The average molecular weight is 225 g/mol. The molecule has 1 heterocycles. The quantitative estimate of drug-likeness (QED) is 0.655. The highest BCUT2D eigenvalue weighted by atomic mass is 19.1. The Morgan fingerprint density at radius 3 is 2.82 bits per heavy atom. The molecule has 0 spiro atoms. The third-order valence-electron chi connectivity index (χ3n) is 2.73. The van der Waals surface area contributed by atoms with Crippen LogP contribution in [0.15, 0.2) is 48.7 Å². The molecule has 0 atom stereocenters. The van der Waals surface area contributed by atoms with Crippen LogP contribution in [-0.4, -0.2) is 9.78 Å². The van der Waals surface area contributed by atoms with Gasteiger partial charge >= 0.3 is 0 Å². The van der Waals surface area contributed by atoms with Crippen molar-refractivity contribution in [3.8, 4) is 0 Å². The Labute approximate surface area is 98.3 Å². The van der Waals surface area contributed by atoms with Gasteiger partial charge in [-0.1, -0.05) is 24.3 Å². The van der Waals surface area contributed by atoms with Crippen LogP contribution >= 0.6 is 0 Å². The summed E-state index contributed by atoms with van der Waals surface area (Å²) in [5, 5.41) is 5.40. The third-order valence-corrected chi connectivity index (χ3v) is 2.73. The lowest BCUT2D eigenvalue weighted by Crippen LogP contribution is -2.01. The summed E-state index contributed by atoms with van der Waals surface area (Å²) in [6.45, 7) is 0.641. The van der Waals surface area contributed by atoms with Crippen LogP contribution in [0.25, 0.3) is 10.9 Å². The van der Waals surface area contributed by atoms with Gasteiger partial charge in [-0.05, 0) is 29.8 Å². The maximum absolute atomic E-state index is 12.8. The van der Waals surface area contributed by atoms with E-state index in [1.807, 2.05) is 29.1 Å². The molecule has 2 nitrogen and oxygen atoms in total. The van der Waals surface area contributed by atoms with Crippen molar-refractivity contribution in [2.24, 2.45) is 0 Å². The zero-order valence-corrected chi connectivity index (χ0v) is 9.10. The highest BCUT2D eigenvalue weighted by molar-refractivity contribution is 5.78. The summed E-state index contributed by atoms with van der Waals surface area (Å²) >= 11 is 0. The van der Waals surface area contributed by atoms with Gasteiger partial charge in [0.05, 0.1) is 18.3 Å². The van der Waals surface area contributed by atoms with Crippen LogP contribution < -0.4 is 0 Å². The zero-order valence-electron chi connectivity index (χ0n) is 9.10. The van der Waals surface area contributed by atoms with Gasteiger partial charge in [0.25, 0.3) is 0 Å². The van der Waals surface area contributed by atoms with Crippen molar-refractivity contribution in [1.82, 2.24) is 9.78 Å². The highest BCUT2D eigenvalue weighted by Gasteiger charge is 2.02. The topological polar surface area (TPSA) is 17.8 Å². The predicted molar refractivity (Wildman–Crippen MR) is 64.1 cm³/mol. The van der Waals surface area contributed by atoms with Crippen LogP contribution in [0.4, 0.5) is 4.39 Å². The van der Waals surface area contributed by atoms with Crippen molar-refractivity contribution in [2.75, 3.05) is 0 Å². The van der Waals surface area contributed by atoms with E-state index >= 15 is 0 Å². The number of aromatic nitrogens is 2. The summed E-state index contributed by atoms with van der Waals surface area (Å²) < 4.78 is 14.7. The monoisotopic (exact) mass is 225 g/mol. The number of fused-ring (bicyclic) bond motifs is 1. The number of halogens is 1. The molecule has 3 heteroatoms. The minimum absolute atomic E-state index is 0.215. The molecule has 17 heavy (non-hydrogen) atoms. The van der Waals surface area contributed by atoms with Gasteiger partial charge < -0.3 is 0 Å². The largest absolute Gasteiger partial charge is 0.260 e. The summed E-state index contributed by atoms with van der Waals surface area (Å²) in [6.07, 6.45) is 1.83. The van der Waals surface area contributed by atoms with Crippen molar-refractivity contribution in [2.45, 2.75) is 6.54 Å². The van der Waals surface area contributed by atoms with E-state index in [9.17, 15) is 4.39 Å². The summed E-state index contributed by atoms with van der Waals surface area (Å²) in [5.74, 6) is -0.215. The number of nitrogens with zero attached hydrogens (tertiary/aromatic N) is 2. The SMILES string of the molecule is Fc1ccc(Cn2ncc3cc[c]cc32)cc1. The summed E-state index contributed by atoms with van der Waals surface area (Å²) in [6, 6.07) is 15.3. The molecule has 83 valence electrons. The normalized spacial score (nSPS) is 10.9. The Kier molecular flexibility index (Phi) is 2.37. The molecule has 0 N–H and O–H groups in total. The maximum Gasteiger partial charge on any atom is 0.123 e. The lowest BCUT2D eigenvalue weighted by molar-refractivity contribution is 0.625. The van der Waals surface area contributed by atoms with Gasteiger partial charge in [-0.15, -0.1) is 0 Å². The summed E-state index contributed by atoms with van der Waals surface area (Å²) in [7, 11) is 0. The van der Waals surface area contributed by atoms with E-state index in [1.165, 1.54) is 12.1 Å². The van der Waals surface area contributed by atoms with Crippen LogP contribution in [0.2, 0.25) is 0 Å². The molecule has 3 aromatic rings. The fourth-order valence-electron chi connectivity index (χ4n) is 1.85. The Bertz CT molecular complexity index is 641. The molecule has 0 saturated carbocycles. The molecule has 0 aliphatic carbocycles. The summed E-state index contributed by atoms with van der Waals surface area (Å²) in [4.78, 5) is 0. The third kappa shape index (κ3) is 1.91. The van der Waals surface area contributed by atoms with E-state index in [0.717, 1.165) is 16.5 Å². The molecule has 0 aliphatic heterocycles. The molecule has 0 fully saturated rings. The number of benzene rings is 2. The second-order valence-electron chi connectivity index (χ2n) is 3.91. The molecular formula is C14H10FN2. The van der Waals surface area contributed by atoms with Gasteiger partial charge in [-0.3, -0.25) is 4.68 Å². The number of hydrogen-bond acceptors (Lipinski definition) is 1. The van der Waals surface area contributed by atoms with E-state index in [0.29, 0.717) is 6.54 Å². The second-order valence-corrected chi connectivity index (χ2v) is 3.91. The van der Waals surface area contributed by atoms with Gasteiger partial charge in [0, 0.05) is 5.39 Å². The van der Waals surface area contributed by atoms with Crippen LogP contribution in [0.5, 0.6) is 0 Å². The van der Waals surface area contributed by atoms with Crippen LogP contribution in [0.1, 0.15) is 5.56 Å². The Morgan fingerprint density at radius 2 is 2.00 bits per heavy atom. The molecule has 0 bridgehead atoms. The van der Waals surface area contributed by atoms with Crippen LogP contribution in [-0.2, 0) is 6.54 Å².